The zero-order chi connectivity index (χ0) is 11.6. The summed E-state index contributed by atoms with van der Waals surface area (Å²) in [5.41, 5.74) is 6.91. The predicted octanol–water partition coefficient (Wildman–Crippen LogP) is 1.96. The van der Waals surface area contributed by atoms with E-state index in [1.165, 1.54) is 0 Å². The molecule has 0 spiro atoms. The van der Waals surface area contributed by atoms with Gasteiger partial charge in [-0.1, -0.05) is 33.6 Å². The summed E-state index contributed by atoms with van der Waals surface area (Å²) in [6.07, 6.45) is 6.18. The third-order valence-electron chi connectivity index (χ3n) is 2.34. The van der Waals surface area contributed by atoms with E-state index in [9.17, 15) is 0 Å². The Morgan fingerprint density at radius 2 is 2.07 bits per heavy atom. The number of anilines is 1. The number of rotatable bonds is 2. The van der Waals surface area contributed by atoms with Crippen LogP contribution < -0.4 is 5.73 Å². The fraction of sp³-hybridized carbons (Fsp3) is 0.583. The first-order chi connectivity index (χ1) is 6.91. The summed E-state index contributed by atoms with van der Waals surface area (Å²) in [6, 6.07) is 0. The molecule has 0 fully saturated rings. The lowest BCUT2D eigenvalue weighted by Crippen LogP contribution is -2.19. The third-order valence-corrected chi connectivity index (χ3v) is 2.34. The van der Waals surface area contributed by atoms with Gasteiger partial charge in [-0.15, -0.1) is 6.42 Å². The van der Waals surface area contributed by atoms with Crippen molar-refractivity contribution in [2.24, 2.45) is 0 Å². The fourth-order valence-electron chi connectivity index (χ4n) is 1.60. The maximum atomic E-state index is 6.00. The second-order valence-corrected chi connectivity index (χ2v) is 4.66. The van der Waals surface area contributed by atoms with Gasteiger partial charge in [0, 0.05) is 5.41 Å². The van der Waals surface area contributed by atoms with E-state index in [0.717, 1.165) is 17.9 Å². The Balaban J connectivity index is 3.32. The lowest BCUT2D eigenvalue weighted by atomic mass is 9.95. The highest BCUT2D eigenvalue weighted by Gasteiger charge is 2.23. The molecule has 2 N–H and O–H groups in total. The van der Waals surface area contributed by atoms with Crippen LogP contribution in [0.15, 0.2) is 0 Å². The van der Waals surface area contributed by atoms with Crippen molar-refractivity contribution in [3.63, 3.8) is 0 Å². The molecule has 0 aliphatic rings. The summed E-state index contributed by atoms with van der Waals surface area (Å²) in [4.78, 5) is 4.56. The summed E-state index contributed by atoms with van der Waals surface area (Å²) in [5, 5.41) is 0. The van der Waals surface area contributed by atoms with Gasteiger partial charge in [0.1, 0.15) is 11.6 Å². The number of aryl methyl sites for hydroxylation is 1. The van der Waals surface area contributed by atoms with Crippen molar-refractivity contribution in [3.8, 4) is 12.3 Å². The van der Waals surface area contributed by atoms with Gasteiger partial charge in [0.15, 0.2) is 0 Å². The van der Waals surface area contributed by atoms with Crippen molar-refractivity contribution >= 4 is 5.82 Å². The molecule has 3 nitrogen and oxygen atoms in total. The Labute approximate surface area is 91.7 Å². The van der Waals surface area contributed by atoms with Gasteiger partial charge >= 0.3 is 0 Å². The Kier molecular flexibility index (Phi) is 3.09. The largest absolute Gasteiger partial charge is 0.384 e. The fourth-order valence-corrected chi connectivity index (χ4v) is 1.60. The number of nitrogens with two attached hydrogens (primary N) is 1. The van der Waals surface area contributed by atoms with E-state index in [4.69, 9.17) is 12.2 Å². The predicted molar refractivity (Wildman–Crippen MR) is 63.6 cm³/mol. The van der Waals surface area contributed by atoms with Crippen molar-refractivity contribution in [3.05, 3.63) is 11.5 Å². The van der Waals surface area contributed by atoms with E-state index in [-0.39, 0.29) is 5.41 Å². The Bertz CT molecular complexity index is 388. The first-order valence-electron chi connectivity index (χ1n) is 5.20. The summed E-state index contributed by atoms with van der Waals surface area (Å²) in [7, 11) is 0. The quantitative estimate of drug-likeness (QED) is 0.750. The normalized spacial score (nSPS) is 11.4. The molecule has 1 heterocycles. The molecule has 0 bridgehead atoms. The summed E-state index contributed by atoms with van der Waals surface area (Å²) in [5.74, 6) is 4.29. The molecule has 1 rings (SSSR count). The van der Waals surface area contributed by atoms with Crippen LogP contribution in [0.4, 0.5) is 5.82 Å². The van der Waals surface area contributed by atoms with Crippen LogP contribution in [0.5, 0.6) is 0 Å². The van der Waals surface area contributed by atoms with E-state index >= 15 is 0 Å². The van der Waals surface area contributed by atoms with Gasteiger partial charge < -0.3 is 10.3 Å². The van der Waals surface area contributed by atoms with Crippen molar-refractivity contribution in [2.45, 2.75) is 46.1 Å². The highest BCUT2D eigenvalue weighted by molar-refractivity contribution is 5.40. The molecule has 1 aromatic heterocycles. The van der Waals surface area contributed by atoms with Crippen LogP contribution in [0.1, 0.15) is 39.2 Å². The maximum Gasteiger partial charge on any atom is 0.127 e. The number of imidazole rings is 1. The first-order valence-corrected chi connectivity index (χ1v) is 5.20. The number of hydrogen-bond donors (Lipinski definition) is 1. The molecule has 0 aliphatic heterocycles. The number of hydrogen-bond acceptors (Lipinski definition) is 2. The molecule has 0 atom stereocenters. The van der Waals surface area contributed by atoms with Gasteiger partial charge in [0.25, 0.3) is 0 Å². The smallest absolute Gasteiger partial charge is 0.127 e. The van der Waals surface area contributed by atoms with Gasteiger partial charge in [0.2, 0.25) is 0 Å². The second kappa shape index (κ2) is 3.98. The van der Waals surface area contributed by atoms with Gasteiger partial charge in [0.05, 0.1) is 12.2 Å². The van der Waals surface area contributed by atoms with Gasteiger partial charge in [-0.25, -0.2) is 4.98 Å². The van der Waals surface area contributed by atoms with Crippen LogP contribution in [-0.2, 0) is 18.4 Å². The average molecular weight is 205 g/mol. The zero-order valence-electron chi connectivity index (χ0n) is 9.96. The Morgan fingerprint density at radius 3 is 2.47 bits per heavy atom. The molecular weight excluding hydrogens is 186 g/mol. The molecule has 0 saturated carbocycles. The molecule has 0 unspecified atom stereocenters. The highest BCUT2D eigenvalue weighted by atomic mass is 15.1. The molecule has 0 saturated heterocycles. The Morgan fingerprint density at radius 1 is 1.47 bits per heavy atom. The summed E-state index contributed by atoms with van der Waals surface area (Å²) < 4.78 is 1.93. The molecule has 0 aliphatic carbocycles. The summed E-state index contributed by atoms with van der Waals surface area (Å²) >= 11 is 0. The molecule has 3 heteroatoms. The van der Waals surface area contributed by atoms with E-state index in [1.807, 2.05) is 11.5 Å². The second-order valence-electron chi connectivity index (χ2n) is 4.66. The van der Waals surface area contributed by atoms with E-state index in [1.54, 1.807) is 0 Å². The van der Waals surface area contributed by atoms with Crippen LogP contribution in [-0.4, -0.2) is 9.55 Å². The molecular formula is C12H19N3. The monoisotopic (exact) mass is 205 g/mol. The standard InChI is InChI=1S/C12H19N3/c1-6-8-15-10(13)9(7-2)14-11(15)12(3,4)5/h1H,7-8,13H2,2-5H3. The molecule has 15 heavy (non-hydrogen) atoms. The number of nitrogen functional groups attached to an aromatic ring is 1. The van der Waals surface area contributed by atoms with Crippen LogP contribution in [0.2, 0.25) is 0 Å². The van der Waals surface area contributed by atoms with E-state index < -0.39 is 0 Å². The van der Waals surface area contributed by atoms with Crippen LogP contribution >= 0.6 is 0 Å². The van der Waals surface area contributed by atoms with Crippen molar-refractivity contribution in [1.82, 2.24) is 9.55 Å². The number of terminal acetylenes is 1. The minimum Gasteiger partial charge on any atom is -0.384 e. The van der Waals surface area contributed by atoms with Gasteiger partial charge in [-0.3, -0.25) is 0 Å². The zero-order valence-corrected chi connectivity index (χ0v) is 9.96. The third kappa shape index (κ3) is 2.15. The lowest BCUT2D eigenvalue weighted by molar-refractivity contribution is 0.516. The molecule has 1 aromatic rings. The van der Waals surface area contributed by atoms with Gasteiger partial charge in [-0.2, -0.15) is 0 Å². The molecule has 0 aromatic carbocycles. The maximum absolute atomic E-state index is 6.00. The van der Waals surface area contributed by atoms with Gasteiger partial charge in [-0.05, 0) is 6.42 Å². The van der Waals surface area contributed by atoms with Crippen LogP contribution in [0.3, 0.4) is 0 Å². The van der Waals surface area contributed by atoms with Crippen molar-refractivity contribution in [2.75, 3.05) is 5.73 Å². The summed E-state index contributed by atoms with van der Waals surface area (Å²) in [6.45, 7) is 8.88. The van der Waals surface area contributed by atoms with Crippen molar-refractivity contribution in [1.29, 1.82) is 0 Å². The molecule has 0 radical (unpaired) electrons. The van der Waals surface area contributed by atoms with E-state index in [0.29, 0.717) is 12.4 Å². The van der Waals surface area contributed by atoms with Crippen LogP contribution in [0, 0.1) is 12.3 Å². The lowest BCUT2D eigenvalue weighted by Gasteiger charge is -2.19. The number of nitrogens with zero attached hydrogens (tertiary/aromatic N) is 2. The SMILES string of the molecule is C#CCn1c(C(C)(C)C)nc(CC)c1N. The minimum atomic E-state index is -0.0294. The minimum absolute atomic E-state index is 0.0294. The molecule has 82 valence electrons. The van der Waals surface area contributed by atoms with Crippen LogP contribution in [0.25, 0.3) is 0 Å². The highest BCUT2D eigenvalue weighted by Crippen LogP contribution is 2.25. The van der Waals surface area contributed by atoms with Crippen molar-refractivity contribution < 1.29 is 0 Å². The molecule has 0 amide bonds. The average Bonchev–Trinajstić information content (AvgIpc) is 2.44. The van der Waals surface area contributed by atoms with E-state index in [2.05, 4.69) is 31.7 Å². The first kappa shape index (κ1) is 11.6. The topological polar surface area (TPSA) is 43.8 Å². The number of aromatic nitrogens is 2. The Hall–Kier alpha value is -1.43.